The Morgan fingerprint density at radius 1 is 1.36 bits per heavy atom. The molecular formula is C11H16FNO. The molecule has 0 unspecified atom stereocenters. The molecule has 1 rings (SSSR count). The summed E-state index contributed by atoms with van der Waals surface area (Å²) in [5.74, 6) is 0. The molecule has 1 aromatic carbocycles. The molecule has 0 radical (unpaired) electrons. The van der Waals surface area contributed by atoms with E-state index in [2.05, 4.69) is 11.4 Å². The Hall–Kier alpha value is -0.930. The Morgan fingerprint density at radius 3 is 2.86 bits per heavy atom. The van der Waals surface area contributed by atoms with Crippen molar-refractivity contribution < 1.29 is 9.13 Å². The van der Waals surface area contributed by atoms with E-state index in [0.717, 1.165) is 11.1 Å². The molecule has 0 amide bonds. The summed E-state index contributed by atoms with van der Waals surface area (Å²) in [6.45, 7) is 1.42. The maximum Gasteiger partial charge on any atom is 0.102 e. The number of hydrogen-bond acceptors (Lipinski definition) is 2. The van der Waals surface area contributed by atoms with Gasteiger partial charge in [-0.05, 0) is 11.1 Å². The zero-order valence-corrected chi connectivity index (χ0v) is 8.42. The topological polar surface area (TPSA) is 21.3 Å². The van der Waals surface area contributed by atoms with Crippen molar-refractivity contribution in [3.63, 3.8) is 0 Å². The second-order valence-corrected chi connectivity index (χ2v) is 3.12. The van der Waals surface area contributed by atoms with Crippen LogP contribution in [-0.2, 0) is 17.9 Å². The van der Waals surface area contributed by atoms with Gasteiger partial charge in [0.2, 0.25) is 0 Å². The van der Waals surface area contributed by atoms with Gasteiger partial charge in [0.1, 0.15) is 6.67 Å². The Labute approximate surface area is 84.1 Å². The summed E-state index contributed by atoms with van der Waals surface area (Å²) in [7, 11) is 1.67. The van der Waals surface area contributed by atoms with E-state index in [1.165, 1.54) is 0 Å². The first-order valence-corrected chi connectivity index (χ1v) is 4.70. The highest BCUT2D eigenvalue weighted by Crippen LogP contribution is 2.05. The summed E-state index contributed by atoms with van der Waals surface area (Å²) in [5, 5.41) is 3.00. The highest BCUT2D eigenvalue weighted by molar-refractivity contribution is 5.22. The molecular weight excluding hydrogens is 181 g/mol. The van der Waals surface area contributed by atoms with Crippen molar-refractivity contribution in [2.75, 3.05) is 20.3 Å². The van der Waals surface area contributed by atoms with Crippen LogP contribution in [0.2, 0.25) is 0 Å². The molecule has 0 bridgehead atoms. The zero-order valence-electron chi connectivity index (χ0n) is 8.42. The van der Waals surface area contributed by atoms with Crippen LogP contribution in [-0.4, -0.2) is 20.3 Å². The van der Waals surface area contributed by atoms with E-state index in [4.69, 9.17) is 4.74 Å². The zero-order chi connectivity index (χ0) is 10.2. The van der Waals surface area contributed by atoms with Gasteiger partial charge in [-0.15, -0.1) is 0 Å². The van der Waals surface area contributed by atoms with Crippen LogP contribution in [0, 0.1) is 0 Å². The van der Waals surface area contributed by atoms with Gasteiger partial charge in [0, 0.05) is 20.2 Å². The summed E-state index contributed by atoms with van der Waals surface area (Å²) in [6.07, 6.45) is 0. The van der Waals surface area contributed by atoms with Gasteiger partial charge in [-0.1, -0.05) is 24.3 Å². The molecule has 0 heterocycles. The molecule has 2 nitrogen and oxygen atoms in total. The Bertz CT molecular complexity index is 265. The Balaban J connectivity index is 2.46. The second-order valence-electron chi connectivity index (χ2n) is 3.12. The smallest absolute Gasteiger partial charge is 0.102 e. The van der Waals surface area contributed by atoms with E-state index in [1.54, 1.807) is 7.11 Å². The fourth-order valence-corrected chi connectivity index (χ4v) is 1.30. The molecule has 0 aliphatic carbocycles. The number of methoxy groups -OCH3 is 1. The average molecular weight is 197 g/mol. The Kier molecular flexibility index (Phi) is 5.19. The van der Waals surface area contributed by atoms with Gasteiger partial charge in [-0.2, -0.15) is 0 Å². The molecule has 78 valence electrons. The molecule has 3 heteroatoms. The average Bonchev–Trinajstić information content (AvgIpc) is 2.19. The predicted octanol–water partition coefficient (Wildman–Crippen LogP) is 1.89. The monoisotopic (exact) mass is 197 g/mol. The van der Waals surface area contributed by atoms with Crippen LogP contribution in [0.4, 0.5) is 4.39 Å². The molecule has 0 atom stereocenters. The lowest BCUT2D eigenvalue weighted by atomic mass is 10.1. The third kappa shape index (κ3) is 3.85. The van der Waals surface area contributed by atoms with E-state index in [0.29, 0.717) is 19.7 Å². The number of ether oxygens (including phenoxy) is 1. The SMILES string of the molecule is COCc1cccc(CNCCF)c1. The first-order chi connectivity index (χ1) is 6.86. The van der Waals surface area contributed by atoms with Gasteiger partial charge in [0.25, 0.3) is 0 Å². The molecule has 0 saturated heterocycles. The quantitative estimate of drug-likeness (QED) is 0.703. The fraction of sp³-hybridized carbons (Fsp3) is 0.455. The van der Waals surface area contributed by atoms with Crippen molar-refractivity contribution in [1.29, 1.82) is 0 Å². The lowest BCUT2D eigenvalue weighted by molar-refractivity contribution is 0.185. The fourth-order valence-electron chi connectivity index (χ4n) is 1.30. The number of nitrogens with one attached hydrogen (secondary N) is 1. The molecule has 0 fully saturated rings. The van der Waals surface area contributed by atoms with E-state index >= 15 is 0 Å². The normalized spacial score (nSPS) is 10.4. The minimum Gasteiger partial charge on any atom is -0.380 e. The van der Waals surface area contributed by atoms with Crippen LogP contribution in [0.25, 0.3) is 0 Å². The van der Waals surface area contributed by atoms with Crippen molar-refractivity contribution in [3.8, 4) is 0 Å². The Morgan fingerprint density at radius 2 is 2.14 bits per heavy atom. The summed E-state index contributed by atoms with van der Waals surface area (Å²) < 4.78 is 16.8. The van der Waals surface area contributed by atoms with Gasteiger partial charge in [0.05, 0.1) is 6.61 Å². The van der Waals surface area contributed by atoms with Crippen LogP contribution < -0.4 is 5.32 Å². The van der Waals surface area contributed by atoms with E-state index in [9.17, 15) is 4.39 Å². The maximum atomic E-state index is 11.8. The van der Waals surface area contributed by atoms with Gasteiger partial charge in [-0.25, -0.2) is 4.39 Å². The molecule has 0 aliphatic rings. The number of hydrogen-bond donors (Lipinski definition) is 1. The highest BCUT2D eigenvalue weighted by atomic mass is 19.1. The predicted molar refractivity (Wildman–Crippen MR) is 54.8 cm³/mol. The lowest BCUT2D eigenvalue weighted by Gasteiger charge is -2.05. The van der Waals surface area contributed by atoms with Crippen molar-refractivity contribution in [2.45, 2.75) is 13.2 Å². The van der Waals surface area contributed by atoms with E-state index in [1.807, 2.05) is 18.2 Å². The maximum absolute atomic E-state index is 11.8. The van der Waals surface area contributed by atoms with Crippen LogP contribution in [0.1, 0.15) is 11.1 Å². The van der Waals surface area contributed by atoms with Crippen molar-refractivity contribution >= 4 is 0 Å². The third-order valence-electron chi connectivity index (χ3n) is 1.90. The number of halogens is 1. The van der Waals surface area contributed by atoms with Crippen molar-refractivity contribution in [1.82, 2.24) is 5.32 Å². The minimum absolute atomic E-state index is 0.322. The number of rotatable bonds is 6. The molecule has 1 N–H and O–H groups in total. The molecule has 0 spiro atoms. The second kappa shape index (κ2) is 6.51. The molecule has 1 aromatic rings. The van der Waals surface area contributed by atoms with Gasteiger partial charge < -0.3 is 10.1 Å². The number of alkyl halides is 1. The molecule has 0 saturated carbocycles. The van der Waals surface area contributed by atoms with Crippen LogP contribution in [0.15, 0.2) is 24.3 Å². The van der Waals surface area contributed by atoms with Crippen LogP contribution in [0.5, 0.6) is 0 Å². The lowest BCUT2D eigenvalue weighted by Crippen LogP contribution is -2.15. The standard InChI is InChI=1S/C11H16FNO/c1-14-9-11-4-2-3-10(7-11)8-13-6-5-12/h2-4,7,13H,5-6,8-9H2,1H3. The third-order valence-corrected chi connectivity index (χ3v) is 1.90. The summed E-state index contributed by atoms with van der Waals surface area (Å²) in [4.78, 5) is 0. The largest absolute Gasteiger partial charge is 0.380 e. The van der Waals surface area contributed by atoms with Gasteiger partial charge in [0.15, 0.2) is 0 Å². The summed E-state index contributed by atoms with van der Waals surface area (Å²) in [6, 6.07) is 8.09. The first kappa shape index (κ1) is 11.1. The van der Waals surface area contributed by atoms with Gasteiger partial charge in [-0.3, -0.25) is 0 Å². The summed E-state index contributed by atoms with van der Waals surface area (Å²) >= 11 is 0. The minimum atomic E-state index is -0.322. The van der Waals surface area contributed by atoms with Crippen molar-refractivity contribution in [3.05, 3.63) is 35.4 Å². The molecule has 0 aliphatic heterocycles. The summed E-state index contributed by atoms with van der Waals surface area (Å²) in [5.41, 5.74) is 2.31. The van der Waals surface area contributed by atoms with Crippen molar-refractivity contribution in [2.24, 2.45) is 0 Å². The molecule has 0 aromatic heterocycles. The van der Waals surface area contributed by atoms with Gasteiger partial charge >= 0.3 is 0 Å². The first-order valence-electron chi connectivity index (χ1n) is 4.70. The van der Waals surface area contributed by atoms with E-state index < -0.39 is 0 Å². The van der Waals surface area contributed by atoms with Crippen LogP contribution in [0.3, 0.4) is 0 Å². The number of benzene rings is 1. The molecule has 14 heavy (non-hydrogen) atoms. The van der Waals surface area contributed by atoms with E-state index in [-0.39, 0.29) is 6.67 Å². The van der Waals surface area contributed by atoms with Crippen LogP contribution >= 0.6 is 0 Å². The highest BCUT2D eigenvalue weighted by Gasteiger charge is 1.95.